The number of methoxy groups -OCH3 is 1. The molecule has 3 aromatic rings. The first-order valence-electron chi connectivity index (χ1n) is 9.40. The molecule has 28 heavy (non-hydrogen) atoms. The fourth-order valence-electron chi connectivity index (χ4n) is 3.09. The van der Waals surface area contributed by atoms with Crippen molar-refractivity contribution < 1.29 is 13.9 Å². The zero-order chi connectivity index (χ0) is 20.1. The summed E-state index contributed by atoms with van der Waals surface area (Å²) in [4.78, 5) is 4.72. The second-order valence-electron chi connectivity index (χ2n) is 6.84. The topological polar surface area (TPSA) is 69.4 Å². The summed E-state index contributed by atoms with van der Waals surface area (Å²) in [7, 11) is 1.60. The molecule has 0 aliphatic carbocycles. The molecular weight excluding hydrogens is 357 g/mol. The highest BCUT2D eigenvalue weighted by Crippen LogP contribution is 2.42. The van der Waals surface area contributed by atoms with Crippen LogP contribution in [0.1, 0.15) is 25.5 Å². The number of halogens is 1. The van der Waals surface area contributed by atoms with Crippen LogP contribution in [-0.4, -0.2) is 24.7 Å². The number of ether oxygens (including phenoxy) is 2. The lowest BCUT2D eigenvalue weighted by atomic mass is 10.1. The van der Waals surface area contributed by atoms with E-state index in [2.05, 4.69) is 12.2 Å². The average Bonchev–Trinajstić information content (AvgIpc) is 2.69. The number of benzene rings is 2. The van der Waals surface area contributed by atoms with E-state index in [0.717, 1.165) is 35.1 Å². The Morgan fingerprint density at radius 1 is 1.18 bits per heavy atom. The highest BCUT2D eigenvalue weighted by atomic mass is 19.1. The SMILES string of the molecule is COc1cc(N[C@@H](C)CCCN)c2nc(C)ccc2c1Oc1ccc(F)cc1. The zero-order valence-corrected chi connectivity index (χ0v) is 16.5. The van der Waals surface area contributed by atoms with Crippen molar-refractivity contribution in [1.29, 1.82) is 0 Å². The molecule has 0 aliphatic rings. The van der Waals surface area contributed by atoms with Gasteiger partial charge in [-0.2, -0.15) is 0 Å². The number of hydrogen-bond donors (Lipinski definition) is 2. The molecule has 0 fully saturated rings. The van der Waals surface area contributed by atoms with Gasteiger partial charge in [-0.3, -0.25) is 4.98 Å². The molecule has 2 aromatic carbocycles. The largest absolute Gasteiger partial charge is 0.493 e. The number of nitrogens with one attached hydrogen (secondary N) is 1. The van der Waals surface area contributed by atoms with Crippen molar-refractivity contribution in [3.63, 3.8) is 0 Å². The number of pyridine rings is 1. The van der Waals surface area contributed by atoms with Crippen molar-refractivity contribution in [2.45, 2.75) is 32.7 Å². The van der Waals surface area contributed by atoms with E-state index in [0.29, 0.717) is 23.8 Å². The molecule has 6 heteroatoms. The molecule has 1 atom stereocenters. The van der Waals surface area contributed by atoms with E-state index in [-0.39, 0.29) is 11.9 Å². The summed E-state index contributed by atoms with van der Waals surface area (Å²) >= 11 is 0. The third-order valence-corrected chi connectivity index (χ3v) is 4.53. The van der Waals surface area contributed by atoms with Crippen LogP contribution >= 0.6 is 0 Å². The number of aryl methyl sites for hydroxylation is 1. The quantitative estimate of drug-likeness (QED) is 0.571. The number of aromatic nitrogens is 1. The summed E-state index contributed by atoms with van der Waals surface area (Å²) in [6, 6.07) is 11.9. The Kier molecular flexibility index (Phi) is 6.31. The van der Waals surface area contributed by atoms with Gasteiger partial charge in [0, 0.05) is 23.2 Å². The van der Waals surface area contributed by atoms with Crippen LogP contribution in [0.5, 0.6) is 17.2 Å². The highest BCUT2D eigenvalue weighted by molar-refractivity contribution is 5.97. The maximum Gasteiger partial charge on any atom is 0.178 e. The summed E-state index contributed by atoms with van der Waals surface area (Å²) in [5, 5.41) is 4.34. The van der Waals surface area contributed by atoms with Crippen molar-refractivity contribution in [3.05, 3.63) is 54.0 Å². The second-order valence-corrected chi connectivity index (χ2v) is 6.84. The van der Waals surface area contributed by atoms with Gasteiger partial charge in [0.15, 0.2) is 11.5 Å². The van der Waals surface area contributed by atoms with Gasteiger partial charge in [-0.25, -0.2) is 4.39 Å². The van der Waals surface area contributed by atoms with Gasteiger partial charge >= 0.3 is 0 Å². The minimum atomic E-state index is -0.313. The van der Waals surface area contributed by atoms with Crippen LogP contribution in [0.4, 0.5) is 10.1 Å². The molecule has 0 saturated heterocycles. The molecule has 3 rings (SSSR count). The van der Waals surface area contributed by atoms with Crippen molar-refractivity contribution >= 4 is 16.6 Å². The number of fused-ring (bicyclic) bond motifs is 1. The van der Waals surface area contributed by atoms with Gasteiger partial charge < -0.3 is 20.5 Å². The third-order valence-electron chi connectivity index (χ3n) is 4.53. The fraction of sp³-hybridized carbons (Fsp3) is 0.318. The number of nitrogens with two attached hydrogens (primary N) is 1. The monoisotopic (exact) mass is 383 g/mol. The van der Waals surface area contributed by atoms with Crippen LogP contribution in [0.3, 0.4) is 0 Å². The van der Waals surface area contributed by atoms with E-state index in [1.165, 1.54) is 12.1 Å². The minimum Gasteiger partial charge on any atom is -0.493 e. The van der Waals surface area contributed by atoms with E-state index in [1.807, 2.05) is 25.1 Å². The van der Waals surface area contributed by atoms with E-state index in [1.54, 1.807) is 19.2 Å². The molecule has 1 heterocycles. The number of rotatable bonds is 8. The molecule has 148 valence electrons. The Hall–Kier alpha value is -2.86. The number of hydrogen-bond acceptors (Lipinski definition) is 5. The summed E-state index contributed by atoms with van der Waals surface area (Å²) in [5.41, 5.74) is 8.22. The van der Waals surface area contributed by atoms with Crippen LogP contribution in [0, 0.1) is 12.7 Å². The maximum atomic E-state index is 13.2. The molecular formula is C22H26FN3O2. The third kappa shape index (κ3) is 4.51. The van der Waals surface area contributed by atoms with Crippen LogP contribution in [0.25, 0.3) is 10.9 Å². The number of nitrogens with zero attached hydrogens (tertiary/aromatic N) is 1. The Bertz CT molecular complexity index is 945. The Labute approximate surface area is 164 Å². The van der Waals surface area contributed by atoms with Gasteiger partial charge in [0.1, 0.15) is 11.6 Å². The van der Waals surface area contributed by atoms with Crippen LogP contribution in [0.2, 0.25) is 0 Å². The van der Waals surface area contributed by atoms with Crippen molar-refractivity contribution in [2.24, 2.45) is 5.73 Å². The smallest absolute Gasteiger partial charge is 0.178 e. The normalized spacial score (nSPS) is 12.0. The molecule has 3 N–H and O–H groups in total. The molecule has 0 amide bonds. The van der Waals surface area contributed by atoms with Crippen molar-refractivity contribution in [2.75, 3.05) is 19.0 Å². The molecule has 1 aromatic heterocycles. The van der Waals surface area contributed by atoms with E-state index in [9.17, 15) is 4.39 Å². The Balaban J connectivity index is 2.06. The first kappa shape index (κ1) is 19.9. The van der Waals surface area contributed by atoms with Crippen molar-refractivity contribution in [3.8, 4) is 17.2 Å². The summed E-state index contributed by atoms with van der Waals surface area (Å²) in [6.45, 7) is 4.73. The fourth-order valence-corrected chi connectivity index (χ4v) is 3.09. The molecule has 5 nitrogen and oxygen atoms in total. The van der Waals surface area contributed by atoms with Gasteiger partial charge in [0.2, 0.25) is 0 Å². The molecule has 0 bridgehead atoms. The molecule has 0 unspecified atom stereocenters. The zero-order valence-electron chi connectivity index (χ0n) is 16.5. The molecule has 0 aliphatic heterocycles. The lowest BCUT2D eigenvalue weighted by molar-refractivity contribution is 0.381. The predicted molar refractivity (Wildman–Crippen MR) is 111 cm³/mol. The van der Waals surface area contributed by atoms with Gasteiger partial charge in [-0.05, 0) is 69.6 Å². The van der Waals surface area contributed by atoms with Crippen LogP contribution < -0.4 is 20.5 Å². The second kappa shape index (κ2) is 8.89. The lowest BCUT2D eigenvalue weighted by Gasteiger charge is -2.20. The molecule has 0 radical (unpaired) electrons. The summed E-state index contributed by atoms with van der Waals surface area (Å²) in [5.74, 6) is 1.35. The average molecular weight is 383 g/mol. The lowest BCUT2D eigenvalue weighted by Crippen LogP contribution is -2.17. The maximum absolute atomic E-state index is 13.2. The van der Waals surface area contributed by atoms with E-state index in [4.69, 9.17) is 20.2 Å². The van der Waals surface area contributed by atoms with Gasteiger partial charge in [-0.1, -0.05) is 0 Å². The first-order valence-corrected chi connectivity index (χ1v) is 9.40. The molecule has 0 spiro atoms. The predicted octanol–water partition coefficient (Wildman–Crippen LogP) is 5.02. The van der Waals surface area contributed by atoms with Gasteiger partial charge in [0.05, 0.1) is 18.3 Å². The van der Waals surface area contributed by atoms with Crippen LogP contribution in [-0.2, 0) is 0 Å². The van der Waals surface area contributed by atoms with Gasteiger partial charge in [-0.15, -0.1) is 0 Å². The van der Waals surface area contributed by atoms with Crippen LogP contribution in [0.15, 0.2) is 42.5 Å². The first-order chi connectivity index (χ1) is 13.5. The van der Waals surface area contributed by atoms with E-state index >= 15 is 0 Å². The highest BCUT2D eigenvalue weighted by Gasteiger charge is 2.17. The van der Waals surface area contributed by atoms with Crippen molar-refractivity contribution in [1.82, 2.24) is 4.98 Å². The van der Waals surface area contributed by atoms with E-state index < -0.39 is 0 Å². The van der Waals surface area contributed by atoms with Gasteiger partial charge in [0.25, 0.3) is 0 Å². The summed E-state index contributed by atoms with van der Waals surface area (Å²) in [6.07, 6.45) is 1.90. The minimum absolute atomic E-state index is 0.239. The number of anilines is 1. The Morgan fingerprint density at radius 3 is 2.61 bits per heavy atom. The summed E-state index contributed by atoms with van der Waals surface area (Å²) < 4.78 is 24.9. The molecule has 0 saturated carbocycles. The standard InChI is InChI=1S/C22H26FN3O2/c1-14(5-4-12-24)25-19-13-20(27-3)22(18-11-6-15(2)26-21(18)19)28-17-9-7-16(23)8-10-17/h6-11,13-14,25H,4-5,12,24H2,1-3H3/t14-/m0/s1. The Morgan fingerprint density at radius 2 is 1.93 bits per heavy atom.